The van der Waals surface area contributed by atoms with Crippen molar-refractivity contribution in [3.05, 3.63) is 75.1 Å². The molecule has 7 nitrogen and oxygen atoms in total. The first-order valence-electron chi connectivity index (χ1n) is 9.02. The second-order valence-electron chi connectivity index (χ2n) is 6.68. The van der Waals surface area contributed by atoms with Crippen LogP contribution in [0.25, 0.3) is 11.5 Å². The molecule has 4 rings (SSSR count). The number of ether oxygens (including phenoxy) is 1. The van der Waals surface area contributed by atoms with Gasteiger partial charge in [-0.25, -0.2) is 4.39 Å². The predicted molar refractivity (Wildman–Crippen MR) is 112 cm³/mol. The Labute approximate surface area is 186 Å². The Bertz CT molecular complexity index is 1330. The average Bonchev–Trinajstić information content (AvgIpc) is 3.33. The van der Waals surface area contributed by atoms with Crippen LogP contribution in [0, 0.1) is 24.1 Å². The summed E-state index contributed by atoms with van der Waals surface area (Å²) in [4.78, 5) is 0. The highest BCUT2D eigenvalue weighted by molar-refractivity contribution is 6.32. The van der Waals surface area contributed by atoms with E-state index in [-0.39, 0.29) is 45.0 Å². The van der Waals surface area contributed by atoms with Gasteiger partial charge in [0.15, 0.2) is 11.6 Å². The van der Waals surface area contributed by atoms with Crippen molar-refractivity contribution in [1.29, 1.82) is 5.26 Å². The maximum absolute atomic E-state index is 15.2. The van der Waals surface area contributed by atoms with Gasteiger partial charge in [0.1, 0.15) is 5.75 Å². The van der Waals surface area contributed by atoms with Crippen LogP contribution in [0.5, 0.6) is 11.5 Å². The van der Waals surface area contributed by atoms with Crippen LogP contribution >= 0.6 is 23.2 Å². The van der Waals surface area contributed by atoms with Gasteiger partial charge < -0.3 is 9.15 Å². The average molecular weight is 458 g/mol. The number of aryl methyl sites for hydroxylation is 1. The van der Waals surface area contributed by atoms with E-state index in [4.69, 9.17) is 37.6 Å². The zero-order valence-electron chi connectivity index (χ0n) is 16.4. The van der Waals surface area contributed by atoms with Gasteiger partial charge in [0.05, 0.1) is 34.8 Å². The minimum absolute atomic E-state index is 0.0324. The van der Waals surface area contributed by atoms with Gasteiger partial charge in [-0.05, 0) is 31.2 Å². The third-order valence-electron chi connectivity index (χ3n) is 4.62. The van der Waals surface area contributed by atoms with E-state index >= 15 is 4.39 Å². The Morgan fingerprint density at radius 1 is 1.23 bits per heavy atom. The lowest BCUT2D eigenvalue weighted by molar-refractivity contribution is 0.437. The van der Waals surface area contributed by atoms with E-state index in [1.807, 2.05) is 13.0 Å². The number of benzene rings is 2. The topological polar surface area (TPSA) is 89.8 Å². The Balaban J connectivity index is 1.62. The van der Waals surface area contributed by atoms with Crippen LogP contribution in [0.4, 0.5) is 4.39 Å². The van der Waals surface area contributed by atoms with E-state index in [0.717, 1.165) is 5.69 Å². The molecule has 10 heteroatoms. The lowest BCUT2D eigenvalue weighted by Gasteiger charge is -2.11. The van der Waals surface area contributed by atoms with Gasteiger partial charge in [-0.3, -0.25) is 4.68 Å². The van der Waals surface area contributed by atoms with Crippen molar-refractivity contribution in [2.24, 2.45) is 7.05 Å². The molecule has 0 radical (unpaired) electrons. The molecule has 2 aromatic carbocycles. The maximum atomic E-state index is 15.2. The minimum Gasteiger partial charge on any atom is -0.453 e. The summed E-state index contributed by atoms with van der Waals surface area (Å²) in [5.41, 5.74) is 2.09. The highest BCUT2D eigenvalue weighted by Gasteiger charge is 2.19. The Kier molecular flexibility index (Phi) is 5.63. The van der Waals surface area contributed by atoms with E-state index < -0.39 is 5.82 Å². The number of aromatic nitrogens is 4. The molecular formula is C21H14Cl2FN5O2. The smallest absolute Gasteiger partial charge is 0.251 e. The number of hydrogen-bond acceptors (Lipinski definition) is 6. The summed E-state index contributed by atoms with van der Waals surface area (Å²) in [5, 5.41) is 21.6. The van der Waals surface area contributed by atoms with Gasteiger partial charge in [0.25, 0.3) is 5.89 Å². The normalized spacial score (nSPS) is 10.8. The molecule has 2 heterocycles. The lowest BCUT2D eigenvalue weighted by Crippen LogP contribution is -1.98. The van der Waals surface area contributed by atoms with Crippen LogP contribution in [0.15, 0.2) is 40.9 Å². The molecule has 0 aliphatic heterocycles. The van der Waals surface area contributed by atoms with Gasteiger partial charge >= 0.3 is 0 Å². The molecule has 0 aliphatic rings. The highest BCUT2D eigenvalue weighted by Crippen LogP contribution is 2.36. The van der Waals surface area contributed by atoms with Gasteiger partial charge in [-0.2, -0.15) is 10.4 Å². The van der Waals surface area contributed by atoms with E-state index in [1.165, 1.54) is 30.3 Å². The monoisotopic (exact) mass is 457 g/mol. The number of rotatable bonds is 5. The lowest BCUT2D eigenvalue weighted by atomic mass is 10.1. The molecule has 0 atom stereocenters. The molecular weight excluding hydrogens is 444 g/mol. The number of hydrogen-bond donors (Lipinski definition) is 0. The third kappa shape index (κ3) is 4.24. The van der Waals surface area contributed by atoms with Crippen LogP contribution in [0.3, 0.4) is 0 Å². The minimum atomic E-state index is -0.678. The molecule has 4 aromatic rings. The van der Waals surface area contributed by atoms with Gasteiger partial charge in [-0.1, -0.05) is 29.3 Å². The molecule has 31 heavy (non-hydrogen) atoms. The van der Waals surface area contributed by atoms with Crippen molar-refractivity contribution in [2.45, 2.75) is 13.3 Å². The molecule has 2 aromatic heterocycles. The maximum Gasteiger partial charge on any atom is 0.251 e. The number of nitriles is 1. The Morgan fingerprint density at radius 3 is 2.74 bits per heavy atom. The second kappa shape index (κ2) is 8.38. The second-order valence-corrected chi connectivity index (χ2v) is 7.53. The van der Waals surface area contributed by atoms with Crippen molar-refractivity contribution in [3.8, 4) is 29.0 Å². The fourth-order valence-corrected chi connectivity index (χ4v) is 3.32. The van der Waals surface area contributed by atoms with Crippen molar-refractivity contribution >= 4 is 23.2 Å². The summed E-state index contributed by atoms with van der Waals surface area (Å²) in [6, 6.07) is 9.36. The standard InChI is InChI=1S/C21H14Cl2FN5O2/c1-11-16(10-26-29(11)2)21-28-27-18(31-21)7-13-3-4-17(23)20(19(13)24)30-15-6-12(9-25)5-14(22)8-15/h3-6,8,10H,7H2,1-2H3. The quantitative estimate of drug-likeness (QED) is 0.394. The Hall–Kier alpha value is -3.41. The molecule has 0 amide bonds. The summed E-state index contributed by atoms with van der Waals surface area (Å²) in [6.45, 7) is 1.88. The van der Waals surface area contributed by atoms with Crippen LogP contribution in [0.1, 0.15) is 22.7 Å². The molecule has 0 unspecified atom stereocenters. The Morgan fingerprint density at radius 2 is 2.03 bits per heavy atom. The summed E-state index contributed by atoms with van der Waals surface area (Å²) in [5.74, 6) is -0.153. The molecule has 0 spiro atoms. The van der Waals surface area contributed by atoms with Gasteiger partial charge in [0, 0.05) is 23.3 Å². The van der Waals surface area contributed by atoms with Crippen LogP contribution < -0.4 is 4.74 Å². The van der Waals surface area contributed by atoms with Gasteiger partial charge in [-0.15, -0.1) is 10.2 Å². The summed E-state index contributed by atoms with van der Waals surface area (Å²) in [7, 11) is 1.81. The fourth-order valence-electron chi connectivity index (χ4n) is 2.91. The van der Waals surface area contributed by atoms with Crippen LogP contribution in [-0.4, -0.2) is 20.0 Å². The third-order valence-corrected chi connectivity index (χ3v) is 5.14. The highest BCUT2D eigenvalue weighted by atomic mass is 35.5. The van der Waals surface area contributed by atoms with E-state index in [1.54, 1.807) is 17.9 Å². The first-order valence-corrected chi connectivity index (χ1v) is 9.78. The molecule has 0 saturated heterocycles. The molecule has 0 bridgehead atoms. The molecule has 156 valence electrons. The van der Waals surface area contributed by atoms with Crippen LogP contribution in [-0.2, 0) is 13.5 Å². The number of nitrogens with zero attached hydrogens (tertiary/aromatic N) is 5. The van der Waals surface area contributed by atoms with Crippen molar-refractivity contribution in [2.75, 3.05) is 0 Å². The fraction of sp³-hybridized carbons (Fsp3) is 0.143. The molecule has 0 fully saturated rings. The number of halogens is 3. The largest absolute Gasteiger partial charge is 0.453 e. The van der Waals surface area contributed by atoms with Gasteiger partial charge in [0.2, 0.25) is 5.89 Å². The first kappa shape index (κ1) is 20.8. The van der Waals surface area contributed by atoms with Crippen molar-refractivity contribution < 1.29 is 13.5 Å². The summed E-state index contributed by atoms with van der Waals surface area (Å²) >= 11 is 12.1. The SMILES string of the molecule is Cc1c(-c2nnc(Cc3ccc(Cl)c(Oc4cc(Cl)cc(C#N)c4)c3F)o2)cnn1C. The van der Waals surface area contributed by atoms with Crippen molar-refractivity contribution in [3.63, 3.8) is 0 Å². The molecule has 0 N–H and O–H groups in total. The zero-order chi connectivity index (χ0) is 22.1. The first-order chi connectivity index (χ1) is 14.9. The predicted octanol–water partition coefficient (Wildman–Crippen LogP) is 5.48. The zero-order valence-corrected chi connectivity index (χ0v) is 17.9. The van der Waals surface area contributed by atoms with E-state index in [2.05, 4.69) is 15.3 Å². The van der Waals surface area contributed by atoms with Crippen molar-refractivity contribution in [1.82, 2.24) is 20.0 Å². The van der Waals surface area contributed by atoms with Crippen LogP contribution in [0.2, 0.25) is 10.0 Å². The van der Waals surface area contributed by atoms with E-state index in [9.17, 15) is 0 Å². The molecule has 0 aliphatic carbocycles. The molecule has 0 saturated carbocycles. The summed E-state index contributed by atoms with van der Waals surface area (Å²) < 4.78 is 28.2. The van der Waals surface area contributed by atoms with E-state index in [0.29, 0.717) is 11.5 Å². The summed E-state index contributed by atoms with van der Waals surface area (Å²) in [6.07, 6.45) is 1.66.